The summed E-state index contributed by atoms with van der Waals surface area (Å²) in [6.45, 7) is 2.17. The molecule has 0 radical (unpaired) electrons. The highest BCUT2D eigenvalue weighted by Crippen LogP contribution is 2.08. The van der Waals surface area contributed by atoms with Crippen LogP contribution in [0, 0.1) is 0 Å². The normalized spacial score (nSPS) is 12.8. The Kier molecular flexibility index (Phi) is 15.8. The van der Waals surface area contributed by atoms with E-state index in [1.54, 1.807) is 6.08 Å². The number of carboxylic acid groups (broad SMARTS) is 1. The van der Waals surface area contributed by atoms with E-state index in [4.69, 9.17) is 5.11 Å². The summed E-state index contributed by atoms with van der Waals surface area (Å²) in [6, 6.07) is 0. The maximum atomic E-state index is 10.2. The standard InChI is InChI=1S/C20H30O2/c1-2-3-4-5-6-7-8-9-10-11-12-13-14-15-16-17-18-19-20(21)22/h3-4,12-19H,2,5-11H2,1H3,(H,21,22). The molecule has 0 atom stereocenters. The van der Waals surface area contributed by atoms with Crippen molar-refractivity contribution >= 4 is 5.97 Å². The van der Waals surface area contributed by atoms with Crippen molar-refractivity contribution in [2.24, 2.45) is 0 Å². The molecular weight excluding hydrogens is 272 g/mol. The molecule has 0 saturated carbocycles. The third-order valence-electron chi connectivity index (χ3n) is 3.07. The quantitative estimate of drug-likeness (QED) is 0.196. The minimum Gasteiger partial charge on any atom is -0.478 e. The molecule has 0 aliphatic rings. The van der Waals surface area contributed by atoms with Crippen LogP contribution in [0.25, 0.3) is 0 Å². The zero-order valence-corrected chi connectivity index (χ0v) is 13.8. The van der Waals surface area contributed by atoms with Gasteiger partial charge in [-0.2, -0.15) is 0 Å². The van der Waals surface area contributed by atoms with Gasteiger partial charge in [-0.3, -0.25) is 0 Å². The molecule has 0 saturated heterocycles. The molecule has 0 unspecified atom stereocenters. The summed E-state index contributed by atoms with van der Waals surface area (Å²) in [6.07, 6.45) is 28.8. The Labute approximate surface area is 135 Å². The molecule has 0 aromatic rings. The first-order valence-electron chi connectivity index (χ1n) is 8.31. The number of allylic oxidation sites excluding steroid dienone is 9. The minimum atomic E-state index is -0.925. The Morgan fingerprint density at radius 3 is 1.91 bits per heavy atom. The Bertz CT molecular complexity index is 398. The smallest absolute Gasteiger partial charge is 0.328 e. The summed E-state index contributed by atoms with van der Waals surface area (Å²) in [5.74, 6) is -0.925. The predicted octanol–water partition coefficient (Wildman–Crippen LogP) is 5.99. The first kappa shape index (κ1) is 20.2. The fourth-order valence-electron chi connectivity index (χ4n) is 1.91. The second-order valence-electron chi connectivity index (χ2n) is 5.12. The molecule has 0 heterocycles. The molecule has 0 aromatic heterocycles. The van der Waals surface area contributed by atoms with Gasteiger partial charge in [-0.15, -0.1) is 0 Å². The molecule has 0 aromatic carbocycles. The highest BCUT2D eigenvalue weighted by Gasteiger charge is 1.88. The van der Waals surface area contributed by atoms with E-state index in [1.807, 2.05) is 24.3 Å². The van der Waals surface area contributed by atoms with Crippen molar-refractivity contribution in [3.8, 4) is 0 Å². The second kappa shape index (κ2) is 17.2. The highest BCUT2D eigenvalue weighted by molar-refractivity contribution is 5.80. The van der Waals surface area contributed by atoms with Crippen LogP contribution in [0.15, 0.2) is 60.8 Å². The number of carboxylic acids is 1. The van der Waals surface area contributed by atoms with E-state index in [9.17, 15) is 4.79 Å². The van der Waals surface area contributed by atoms with Crippen LogP contribution >= 0.6 is 0 Å². The van der Waals surface area contributed by atoms with E-state index < -0.39 is 5.97 Å². The van der Waals surface area contributed by atoms with Crippen molar-refractivity contribution in [2.45, 2.75) is 58.3 Å². The maximum Gasteiger partial charge on any atom is 0.328 e. The zero-order valence-electron chi connectivity index (χ0n) is 13.8. The predicted molar refractivity (Wildman–Crippen MR) is 95.9 cm³/mol. The number of carbonyl (C=O) groups is 1. The van der Waals surface area contributed by atoms with E-state index in [-0.39, 0.29) is 0 Å². The van der Waals surface area contributed by atoms with Crippen molar-refractivity contribution < 1.29 is 9.90 Å². The summed E-state index contributed by atoms with van der Waals surface area (Å²) in [4.78, 5) is 10.2. The van der Waals surface area contributed by atoms with Crippen molar-refractivity contribution in [3.63, 3.8) is 0 Å². The van der Waals surface area contributed by atoms with Gasteiger partial charge in [0.1, 0.15) is 0 Å². The number of unbranched alkanes of at least 4 members (excludes halogenated alkanes) is 6. The van der Waals surface area contributed by atoms with Crippen LogP contribution in [0.3, 0.4) is 0 Å². The van der Waals surface area contributed by atoms with Crippen molar-refractivity contribution in [1.29, 1.82) is 0 Å². The number of hydrogen-bond acceptors (Lipinski definition) is 1. The van der Waals surface area contributed by atoms with Gasteiger partial charge in [0.25, 0.3) is 0 Å². The zero-order chi connectivity index (χ0) is 16.3. The Morgan fingerprint density at radius 1 is 0.727 bits per heavy atom. The molecule has 0 aliphatic carbocycles. The molecule has 0 aliphatic heterocycles. The van der Waals surface area contributed by atoms with Crippen molar-refractivity contribution in [3.05, 3.63) is 60.8 Å². The maximum absolute atomic E-state index is 10.2. The molecule has 0 amide bonds. The van der Waals surface area contributed by atoms with Crippen LogP contribution in [0.5, 0.6) is 0 Å². The lowest BCUT2D eigenvalue weighted by Crippen LogP contribution is -1.84. The average Bonchev–Trinajstić information content (AvgIpc) is 2.50. The summed E-state index contributed by atoms with van der Waals surface area (Å²) in [7, 11) is 0. The Balaban J connectivity index is 3.40. The van der Waals surface area contributed by atoms with Gasteiger partial charge in [-0.1, -0.05) is 80.9 Å². The lowest BCUT2D eigenvalue weighted by atomic mass is 10.1. The summed E-state index contributed by atoms with van der Waals surface area (Å²) < 4.78 is 0. The molecule has 0 fully saturated rings. The van der Waals surface area contributed by atoms with Gasteiger partial charge in [0, 0.05) is 6.08 Å². The van der Waals surface area contributed by atoms with Gasteiger partial charge >= 0.3 is 5.97 Å². The van der Waals surface area contributed by atoms with Gasteiger partial charge in [-0.25, -0.2) is 4.79 Å². The molecular formula is C20H30O2. The van der Waals surface area contributed by atoms with E-state index in [0.717, 1.165) is 18.9 Å². The Hall–Kier alpha value is -1.83. The summed E-state index contributed by atoms with van der Waals surface area (Å²) in [5.41, 5.74) is 0. The second-order valence-corrected chi connectivity index (χ2v) is 5.12. The first-order chi connectivity index (χ1) is 10.8. The number of aliphatic carboxylic acids is 1. The lowest BCUT2D eigenvalue weighted by Gasteiger charge is -1.97. The summed E-state index contributed by atoms with van der Waals surface area (Å²) >= 11 is 0. The van der Waals surface area contributed by atoms with Crippen LogP contribution in [0.1, 0.15) is 58.3 Å². The SMILES string of the molecule is CCC=CCCCCCCCC=CC=CC=CC=CC(=O)O. The first-order valence-corrected chi connectivity index (χ1v) is 8.31. The molecule has 2 heteroatoms. The molecule has 0 spiro atoms. The van der Waals surface area contributed by atoms with Crippen LogP contribution in [-0.4, -0.2) is 11.1 Å². The van der Waals surface area contributed by atoms with Gasteiger partial charge in [0.05, 0.1) is 0 Å². The molecule has 2 nitrogen and oxygen atoms in total. The van der Waals surface area contributed by atoms with Crippen LogP contribution in [0.4, 0.5) is 0 Å². The van der Waals surface area contributed by atoms with E-state index in [2.05, 4.69) is 25.2 Å². The fraction of sp³-hybridized carbons (Fsp3) is 0.450. The minimum absolute atomic E-state index is 0.925. The van der Waals surface area contributed by atoms with Gasteiger partial charge in [0.2, 0.25) is 0 Å². The number of rotatable bonds is 13. The molecule has 122 valence electrons. The Morgan fingerprint density at radius 2 is 1.27 bits per heavy atom. The van der Waals surface area contributed by atoms with Crippen LogP contribution in [0.2, 0.25) is 0 Å². The highest BCUT2D eigenvalue weighted by atomic mass is 16.4. The monoisotopic (exact) mass is 302 g/mol. The third kappa shape index (κ3) is 18.2. The lowest BCUT2D eigenvalue weighted by molar-refractivity contribution is -0.131. The molecule has 22 heavy (non-hydrogen) atoms. The van der Waals surface area contributed by atoms with Crippen molar-refractivity contribution in [1.82, 2.24) is 0 Å². The van der Waals surface area contributed by atoms with Gasteiger partial charge in [-0.05, 0) is 32.1 Å². The average molecular weight is 302 g/mol. The van der Waals surface area contributed by atoms with Crippen LogP contribution < -0.4 is 0 Å². The molecule has 0 rings (SSSR count). The summed E-state index contributed by atoms with van der Waals surface area (Å²) in [5, 5.41) is 8.39. The largest absolute Gasteiger partial charge is 0.478 e. The molecule has 1 N–H and O–H groups in total. The topological polar surface area (TPSA) is 37.3 Å². The van der Waals surface area contributed by atoms with E-state index >= 15 is 0 Å². The third-order valence-corrected chi connectivity index (χ3v) is 3.07. The van der Waals surface area contributed by atoms with Crippen LogP contribution in [-0.2, 0) is 4.79 Å². The van der Waals surface area contributed by atoms with E-state index in [1.165, 1.54) is 44.6 Å². The fourth-order valence-corrected chi connectivity index (χ4v) is 1.91. The van der Waals surface area contributed by atoms with Gasteiger partial charge < -0.3 is 5.11 Å². The van der Waals surface area contributed by atoms with Crippen molar-refractivity contribution in [2.75, 3.05) is 0 Å². The molecule has 0 bridgehead atoms. The van der Waals surface area contributed by atoms with E-state index in [0.29, 0.717) is 0 Å². The van der Waals surface area contributed by atoms with Gasteiger partial charge in [0.15, 0.2) is 0 Å². The number of hydrogen-bond donors (Lipinski definition) is 1.